The minimum absolute atomic E-state index is 0.437. The van der Waals surface area contributed by atoms with Crippen LogP contribution in [0.1, 0.15) is 36.1 Å². The molecule has 0 bridgehead atoms. The van der Waals surface area contributed by atoms with E-state index >= 15 is 0 Å². The first kappa shape index (κ1) is 13.7. The van der Waals surface area contributed by atoms with Crippen molar-refractivity contribution in [2.24, 2.45) is 0 Å². The number of hydrogen-bond acceptors (Lipinski definition) is 2. The quantitative estimate of drug-likeness (QED) is 0.863. The lowest BCUT2D eigenvalue weighted by molar-refractivity contribution is 0.489. The lowest BCUT2D eigenvalue weighted by Crippen LogP contribution is -2.38. The Kier molecular flexibility index (Phi) is 4.31. The average Bonchev–Trinajstić information content (AvgIpc) is 2.29. The fourth-order valence-corrected chi connectivity index (χ4v) is 1.83. The predicted octanol–water partition coefficient (Wildman–Crippen LogP) is 3.05. The van der Waals surface area contributed by atoms with Crippen LogP contribution in [0.4, 0.5) is 0 Å². The standard InChI is InChI=1S/C15H22N2/c1-11-6-7-14(13(3)12(11)2)8-9-17-15(4,5)10-16/h6-7,17H,8-9H2,1-5H3. The molecule has 0 aliphatic carbocycles. The average molecular weight is 230 g/mol. The number of nitriles is 1. The summed E-state index contributed by atoms with van der Waals surface area (Å²) in [6.45, 7) is 11.1. The van der Waals surface area contributed by atoms with Crippen molar-refractivity contribution in [2.45, 2.75) is 46.6 Å². The molecule has 0 aliphatic heterocycles. The minimum atomic E-state index is -0.437. The molecule has 1 aromatic rings. The van der Waals surface area contributed by atoms with Crippen LogP contribution in [0, 0.1) is 32.1 Å². The molecule has 0 heterocycles. The molecule has 1 N–H and O–H groups in total. The molecule has 2 nitrogen and oxygen atoms in total. The first-order valence-corrected chi connectivity index (χ1v) is 6.09. The zero-order chi connectivity index (χ0) is 13.1. The Morgan fingerprint density at radius 2 is 1.82 bits per heavy atom. The number of aryl methyl sites for hydroxylation is 1. The molecule has 0 unspecified atom stereocenters. The molecule has 0 aliphatic rings. The lowest BCUT2D eigenvalue weighted by Gasteiger charge is -2.18. The van der Waals surface area contributed by atoms with E-state index < -0.39 is 5.54 Å². The molecule has 0 amide bonds. The van der Waals surface area contributed by atoms with E-state index in [1.807, 2.05) is 13.8 Å². The molecule has 0 fully saturated rings. The van der Waals surface area contributed by atoms with Gasteiger partial charge in [0.1, 0.15) is 5.54 Å². The smallest absolute Gasteiger partial charge is 0.101 e. The van der Waals surface area contributed by atoms with Crippen LogP contribution >= 0.6 is 0 Å². The van der Waals surface area contributed by atoms with Crippen molar-refractivity contribution in [3.63, 3.8) is 0 Å². The molecule has 0 saturated carbocycles. The van der Waals surface area contributed by atoms with Crippen molar-refractivity contribution in [3.8, 4) is 6.07 Å². The number of benzene rings is 1. The Bertz CT molecular complexity index is 439. The van der Waals surface area contributed by atoms with Crippen molar-refractivity contribution >= 4 is 0 Å². The molecule has 2 heteroatoms. The van der Waals surface area contributed by atoms with Crippen LogP contribution in [0.3, 0.4) is 0 Å². The fraction of sp³-hybridized carbons (Fsp3) is 0.533. The summed E-state index contributed by atoms with van der Waals surface area (Å²) in [6.07, 6.45) is 0.970. The Balaban J connectivity index is 2.66. The van der Waals surface area contributed by atoms with Gasteiger partial charge in [-0.3, -0.25) is 5.32 Å². The Morgan fingerprint density at radius 1 is 1.18 bits per heavy atom. The van der Waals surface area contributed by atoms with Crippen LogP contribution in [-0.4, -0.2) is 12.1 Å². The van der Waals surface area contributed by atoms with Gasteiger partial charge in [-0.15, -0.1) is 0 Å². The summed E-state index contributed by atoms with van der Waals surface area (Å²) < 4.78 is 0. The van der Waals surface area contributed by atoms with Gasteiger partial charge < -0.3 is 0 Å². The van der Waals surface area contributed by atoms with Gasteiger partial charge in [0.25, 0.3) is 0 Å². The summed E-state index contributed by atoms with van der Waals surface area (Å²) in [5.74, 6) is 0. The van der Waals surface area contributed by atoms with E-state index in [-0.39, 0.29) is 0 Å². The van der Waals surface area contributed by atoms with Crippen molar-refractivity contribution < 1.29 is 0 Å². The second-order valence-corrected chi connectivity index (χ2v) is 5.21. The number of rotatable bonds is 4. The van der Waals surface area contributed by atoms with Crippen LogP contribution < -0.4 is 5.32 Å². The van der Waals surface area contributed by atoms with Crippen LogP contribution in [-0.2, 0) is 6.42 Å². The molecule has 1 rings (SSSR count). The van der Waals surface area contributed by atoms with E-state index in [9.17, 15) is 0 Å². The van der Waals surface area contributed by atoms with Crippen LogP contribution in [0.15, 0.2) is 12.1 Å². The molecule has 1 aromatic carbocycles. The topological polar surface area (TPSA) is 35.8 Å². The summed E-state index contributed by atoms with van der Waals surface area (Å²) >= 11 is 0. The van der Waals surface area contributed by atoms with Crippen LogP contribution in [0.5, 0.6) is 0 Å². The highest BCUT2D eigenvalue weighted by Gasteiger charge is 2.14. The molecule has 17 heavy (non-hydrogen) atoms. The third-order valence-corrected chi connectivity index (χ3v) is 3.41. The SMILES string of the molecule is Cc1ccc(CCNC(C)(C)C#N)c(C)c1C. The summed E-state index contributed by atoms with van der Waals surface area (Å²) in [6, 6.07) is 6.62. The molecule has 0 spiro atoms. The molecule has 0 aromatic heterocycles. The van der Waals surface area contributed by atoms with Gasteiger partial charge in [-0.05, 0) is 63.3 Å². The zero-order valence-electron chi connectivity index (χ0n) is 11.5. The highest BCUT2D eigenvalue weighted by atomic mass is 14.9. The maximum absolute atomic E-state index is 8.91. The monoisotopic (exact) mass is 230 g/mol. The second-order valence-electron chi connectivity index (χ2n) is 5.21. The summed E-state index contributed by atoms with van der Waals surface area (Å²) in [5.41, 5.74) is 5.03. The van der Waals surface area contributed by atoms with E-state index in [1.165, 1.54) is 22.3 Å². The van der Waals surface area contributed by atoms with Crippen molar-refractivity contribution in [1.29, 1.82) is 5.26 Å². The van der Waals surface area contributed by atoms with Gasteiger partial charge in [0.05, 0.1) is 6.07 Å². The number of nitrogens with one attached hydrogen (secondary N) is 1. The summed E-state index contributed by atoms with van der Waals surface area (Å²) in [7, 11) is 0. The summed E-state index contributed by atoms with van der Waals surface area (Å²) in [4.78, 5) is 0. The van der Waals surface area contributed by atoms with Gasteiger partial charge in [-0.1, -0.05) is 12.1 Å². The van der Waals surface area contributed by atoms with E-state index in [0.717, 1.165) is 13.0 Å². The van der Waals surface area contributed by atoms with Gasteiger partial charge in [0.15, 0.2) is 0 Å². The van der Waals surface area contributed by atoms with Gasteiger partial charge in [0, 0.05) is 6.54 Å². The highest BCUT2D eigenvalue weighted by Crippen LogP contribution is 2.17. The van der Waals surface area contributed by atoms with E-state index in [1.54, 1.807) is 0 Å². The van der Waals surface area contributed by atoms with Gasteiger partial charge in [0.2, 0.25) is 0 Å². The largest absolute Gasteiger partial charge is 0.300 e. The first-order valence-electron chi connectivity index (χ1n) is 6.09. The maximum Gasteiger partial charge on any atom is 0.101 e. The Hall–Kier alpha value is -1.33. The van der Waals surface area contributed by atoms with Gasteiger partial charge >= 0.3 is 0 Å². The molecular weight excluding hydrogens is 208 g/mol. The predicted molar refractivity (Wildman–Crippen MR) is 72.1 cm³/mol. The number of hydrogen-bond donors (Lipinski definition) is 1. The Morgan fingerprint density at radius 3 is 2.41 bits per heavy atom. The fourth-order valence-electron chi connectivity index (χ4n) is 1.83. The van der Waals surface area contributed by atoms with Gasteiger partial charge in [-0.2, -0.15) is 5.26 Å². The van der Waals surface area contributed by atoms with Crippen molar-refractivity contribution in [2.75, 3.05) is 6.54 Å². The molecular formula is C15H22N2. The second kappa shape index (κ2) is 5.33. The third-order valence-electron chi connectivity index (χ3n) is 3.41. The van der Waals surface area contributed by atoms with Crippen molar-refractivity contribution in [1.82, 2.24) is 5.32 Å². The van der Waals surface area contributed by atoms with Crippen LogP contribution in [0.25, 0.3) is 0 Å². The molecule has 92 valence electrons. The van der Waals surface area contributed by atoms with E-state index in [4.69, 9.17) is 5.26 Å². The molecule has 0 saturated heterocycles. The van der Waals surface area contributed by atoms with Crippen LogP contribution in [0.2, 0.25) is 0 Å². The zero-order valence-corrected chi connectivity index (χ0v) is 11.5. The highest BCUT2D eigenvalue weighted by molar-refractivity contribution is 5.38. The van der Waals surface area contributed by atoms with Crippen molar-refractivity contribution in [3.05, 3.63) is 34.4 Å². The maximum atomic E-state index is 8.91. The molecule has 0 atom stereocenters. The lowest BCUT2D eigenvalue weighted by atomic mass is 9.97. The summed E-state index contributed by atoms with van der Waals surface area (Å²) in [5, 5.41) is 12.2. The van der Waals surface area contributed by atoms with E-state index in [2.05, 4.69) is 44.3 Å². The van der Waals surface area contributed by atoms with Gasteiger partial charge in [-0.25, -0.2) is 0 Å². The normalized spacial score (nSPS) is 11.3. The minimum Gasteiger partial charge on any atom is -0.300 e. The number of nitrogens with zero attached hydrogens (tertiary/aromatic N) is 1. The first-order chi connectivity index (χ1) is 7.87. The molecule has 0 radical (unpaired) electrons. The van der Waals surface area contributed by atoms with E-state index in [0.29, 0.717) is 0 Å². The Labute approximate surface area is 105 Å². The third kappa shape index (κ3) is 3.57.